The highest BCUT2D eigenvalue weighted by atomic mass is 79.9. The fourth-order valence-electron chi connectivity index (χ4n) is 1.21. The fourth-order valence-corrected chi connectivity index (χ4v) is 2.64. The van der Waals surface area contributed by atoms with E-state index in [0.717, 1.165) is 6.07 Å². The third-order valence-corrected chi connectivity index (χ3v) is 4.24. The Morgan fingerprint density at radius 3 is 2.47 bits per heavy atom. The quantitative estimate of drug-likeness (QED) is 0.770. The Morgan fingerprint density at radius 2 is 1.95 bits per heavy atom. The van der Waals surface area contributed by atoms with Crippen molar-refractivity contribution in [2.45, 2.75) is 24.3 Å². The maximum Gasteiger partial charge on any atom is 0.243 e. The summed E-state index contributed by atoms with van der Waals surface area (Å²) in [5, 5.41) is 0. The van der Waals surface area contributed by atoms with Crippen molar-refractivity contribution < 1.29 is 17.2 Å². The molecule has 0 radical (unpaired) electrons. The number of hydrogen-bond acceptors (Lipinski definition) is 3. The first-order valence-corrected chi connectivity index (χ1v) is 7.41. The van der Waals surface area contributed by atoms with Gasteiger partial charge in [-0.05, 0) is 41.4 Å². The number of nitrogens with one attached hydrogen (secondary N) is 1. The molecule has 3 N–H and O–H groups in total. The van der Waals surface area contributed by atoms with E-state index < -0.39 is 26.6 Å². The average molecular weight is 380 g/mol. The molecular formula is C10H14BrClF2N2O2S. The van der Waals surface area contributed by atoms with Crippen molar-refractivity contribution in [3.63, 3.8) is 0 Å². The summed E-state index contributed by atoms with van der Waals surface area (Å²) in [7, 11) is -4.07. The van der Waals surface area contributed by atoms with Crippen LogP contribution in [0.25, 0.3) is 0 Å². The molecule has 9 heteroatoms. The lowest BCUT2D eigenvalue weighted by Gasteiger charge is -2.09. The third kappa shape index (κ3) is 5.31. The molecule has 0 amide bonds. The zero-order valence-electron chi connectivity index (χ0n) is 9.99. The van der Waals surface area contributed by atoms with Crippen LogP contribution in [0, 0.1) is 11.6 Å². The fraction of sp³-hybridized carbons (Fsp3) is 0.400. The molecule has 4 nitrogen and oxygen atoms in total. The van der Waals surface area contributed by atoms with Gasteiger partial charge < -0.3 is 5.73 Å². The molecule has 1 rings (SSSR count). The number of sulfonamides is 1. The molecule has 1 aromatic rings. The van der Waals surface area contributed by atoms with E-state index in [2.05, 4.69) is 20.7 Å². The van der Waals surface area contributed by atoms with Gasteiger partial charge in [0.25, 0.3) is 0 Å². The van der Waals surface area contributed by atoms with Crippen molar-refractivity contribution >= 4 is 38.4 Å². The predicted octanol–water partition coefficient (Wildman–Crippen LogP) is 2.16. The molecule has 1 atom stereocenters. The molecule has 0 heterocycles. The van der Waals surface area contributed by atoms with Gasteiger partial charge in [0.15, 0.2) is 0 Å². The van der Waals surface area contributed by atoms with Gasteiger partial charge in [-0.2, -0.15) is 0 Å². The summed E-state index contributed by atoms with van der Waals surface area (Å²) in [5.74, 6) is -1.86. The van der Waals surface area contributed by atoms with Crippen molar-refractivity contribution in [3.05, 3.63) is 28.2 Å². The van der Waals surface area contributed by atoms with E-state index in [1.807, 2.05) is 0 Å². The van der Waals surface area contributed by atoms with E-state index >= 15 is 0 Å². The molecule has 0 saturated carbocycles. The smallest absolute Gasteiger partial charge is 0.243 e. The second-order valence-corrected chi connectivity index (χ2v) is 6.45. The first-order valence-electron chi connectivity index (χ1n) is 5.14. The maximum atomic E-state index is 13.5. The number of halogens is 4. The highest BCUT2D eigenvalue weighted by molar-refractivity contribution is 9.10. The Morgan fingerprint density at radius 1 is 1.37 bits per heavy atom. The third-order valence-electron chi connectivity index (χ3n) is 2.16. The second-order valence-electron chi connectivity index (χ2n) is 3.86. The highest BCUT2D eigenvalue weighted by Crippen LogP contribution is 2.22. The summed E-state index contributed by atoms with van der Waals surface area (Å²) in [6, 6.07) is 1.22. The Bertz CT molecular complexity index is 541. The minimum atomic E-state index is -4.07. The van der Waals surface area contributed by atoms with E-state index in [0.29, 0.717) is 12.5 Å². The molecule has 0 bridgehead atoms. The van der Waals surface area contributed by atoms with Crippen LogP contribution >= 0.6 is 28.3 Å². The van der Waals surface area contributed by atoms with Gasteiger partial charge in [0.2, 0.25) is 10.0 Å². The predicted molar refractivity (Wildman–Crippen MR) is 74.8 cm³/mol. The van der Waals surface area contributed by atoms with Crippen LogP contribution in [0.3, 0.4) is 0 Å². The minimum Gasteiger partial charge on any atom is -0.328 e. The molecule has 0 fully saturated rings. The monoisotopic (exact) mass is 378 g/mol. The Kier molecular flexibility index (Phi) is 7.38. The summed E-state index contributed by atoms with van der Waals surface area (Å²) in [6.07, 6.45) is 0.403. The molecular weight excluding hydrogens is 366 g/mol. The average Bonchev–Trinajstić information content (AvgIpc) is 2.22. The topological polar surface area (TPSA) is 72.2 Å². The Hall–Kier alpha value is -0.280. The molecule has 0 aliphatic rings. The van der Waals surface area contributed by atoms with Crippen LogP contribution in [0.15, 0.2) is 21.5 Å². The van der Waals surface area contributed by atoms with Gasteiger partial charge in [-0.3, -0.25) is 0 Å². The molecule has 0 aromatic heterocycles. The lowest BCUT2D eigenvalue weighted by molar-refractivity contribution is 0.540. The second kappa shape index (κ2) is 7.49. The SMILES string of the molecule is CC(N)CCNS(=O)(=O)c1cc(F)c(Br)cc1F.Cl. The Labute approximate surface area is 125 Å². The van der Waals surface area contributed by atoms with Gasteiger partial charge in [0.05, 0.1) is 4.47 Å². The zero-order chi connectivity index (χ0) is 13.9. The summed E-state index contributed by atoms with van der Waals surface area (Å²) >= 11 is 2.77. The Balaban J connectivity index is 0.00000324. The van der Waals surface area contributed by atoms with Crippen molar-refractivity contribution in [2.24, 2.45) is 5.73 Å². The van der Waals surface area contributed by atoms with Gasteiger partial charge in [-0.15, -0.1) is 12.4 Å². The van der Waals surface area contributed by atoms with Gasteiger partial charge >= 0.3 is 0 Å². The highest BCUT2D eigenvalue weighted by Gasteiger charge is 2.21. The molecule has 110 valence electrons. The molecule has 0 aliphatic heterocycles. The number of nitrogens with two attached hydrogens (primary N) is 1. The number of hydrogen-bond donors (Lipinski definition) is 2. The number of rotatable bonds is 5. The van der Waals surface area contributed by atoms with Crippen LogP contribution in [0.5, 0.6) is 0 Å². The minimum absolute atomic E-state index is 0. The maximum absolute atomic E-state index is 13.5. The van der Waals surface area contributed by atoms with Crippen molar-refractivity contribution in [3.8, 4) is 0 Å². The van der Waals surface area contributed by atoms with Crippen LogP contribution in [-0.2, 0) is 10.0 Å². The standard InChI is InChI=1S/C10H13BrF2N2O2S.ClH/c1-6(14)2-3-15-18(16,17)10-5-8(12)7(11)4-9(10)13;/h4-6,15H,2-3,14H2,1H3;1H. The van der Waals surface area contributed by atoms with Gasteiger partial charge in [0, 0.05) is 12.6 Å². The number of benzene rings is 1. The largest absolute Gasteiger partial charge is 0.328 e. The van der Waals surface area contributed by atoms with Crippen LogP contribution in [-0.4, -0.2) is 21.0 Å². The lowest BCUT2D eigenvalue weighted by Crippen LogP contribution is -2.29. The molecule has 1 aromatic carbocycles. The van der Waals surface area contributed by atoms with Crippen molar-refractivity contribution in [1.82, 2.24) is 4.72 Å². The summed E-state index contributed by atoms with van der Waals surface area (Å²) in [6.45, 7) is 1.78. The van der Waals surface area contributed by atoms with E-state index in [1.54, 1.807) is 6.92 Å². The van der Waals surface area contributed by atoms with E-state index in [4.69, 9.17) is 5.73 Å². The lowest BCUT2D eigenvalue weighted by atomic mass is 10.3. The molecule has 0 saturated heterocycles. The van der Waals surface area contributed by atoms with Crippen molar-refractivity contribution in [1.29, 1.82) is 0 Å². The van der Waals surface area contributed by atoms with Crippen LogP contribution in [0.4, 0.5) is 8.78 Å². The van der Waals surface area contributed by atoms with Gasteiger partial charge in [-0.25, -0.2) is 21.9 Å². The zero-order valence-corrected chi connectivity index (χ0v) is 13.2. The molecule has 0 aliphatic carbocycles. The summed E-state index contributed by atoms with van der Waals surface area (Å²) in [5.41, 5.74) is 5.46. The van der Waals surface area contributed by atoms with E-state index in [1.165, 1.54) is 0 Å². The molecule has 19 heavy (non-hydrogen) atoms. The molecule has 0 spiro atoms. The van der Waals surface area contributed by atoms with E-state index in [9.17, 15) is 17.2 Å². The van der Waals surface area contributed by atoms with Gasteiger partial charge in [-0.1, -0.05) is 0 Å². The van der Waals surface area contributed by atoms with Crippen LogP contribution in [0.1, 0.15) is 13.3 Å². The first kappa shape index (κ1) is 18.7. The van der Waals surface area contributed by atoms with Gasteiger partial charge in [0.1, 0.15) is 16.5 Å². The van der Waals surface area contributed by atoms with Crippen LogP contribution in [0.2, 0.25) is 0 Å². The van der Waals surface area contributed by atoms with E-state index in [-0.39, 0.29) is 29.5 Å². The summed E-state index contributed by atoms with van der Waals surface area (Å²) in [4.78, 5) is -0.715. The van der Waals surface area contributed by atoms with Crippen LogP contribution < -0.4 is 10.5 Å². The molecule has 1 unspecified atom stereocenters. The summed E-state index contributed by atoms with van der Waals surface area (Å²) < 4.78 is 52.2. The normalized spacial score (nSPS) is 12.9. The van der Waals surface area contributed by atoms with Crippen molar-refractivity contribution in [2.75, 3.05) is 6.54 Å². The first-order chi connectivity index (χ1) is 8.24.